The van der Waals surface area contributed by atoms with E-state index >= 15 is 0 Å². The Labute approximate surface area is 313 Å². The van der Waals surface area contributed by atoms with Gasteiger partial charge in [-0.25, -0.2) is 9.59 Å². The van der Waals surface area contributed by atoms with Crippen molar-refractivity contribution < 1.29 is 33.5 Å². The van der Waals surface area contributed by atoms with Crippen LogP contribution in [0.1, 0.15) is 106 Å². The molecule has 0 spiro atoms. The molecule has 1 aromatic rings. The molecule has 1 aliphatic heterocycles. The molecule has 1 saturated carbocycles. The minimum absolute atomic E-state index is 0.0528. The summed E-state index contributed by atoms with van der Waals surface area (Å²) in [6.45, 7) is 15.5. The van der Waals surface area contributed by atoms with Crippen molar-refractivity contribution in [1.29, 1.82) is 0 Å². The van der Waals surface area contributed by atoms with Gasteiger partial charge in [-0.1, -0.05) is 111 Å². The van der Waals surface area contributed by atoms with Crippen LogP contribution in [0.15, 0.2) is 30.3 Å². The first-order chi connectivity index (χ1) is 24.3. The van der Waals surface area contributed by atoms with Crippen LogP contribution < -0.4 is 21.7 Å². The zero-order valence-electron chi connectivity index (χ0n) is 32.3. The summed E-state index contributed by atoms with van der Waals surface area (Å²) in [5.74, 6) is -2.92. The maximum absolute atomic E-state index is 14.5. The number of hydrogen-bond acceptors (Lipinski definition) is 8. The zero-order chi connectivity index (χ0) is 38.8. The number of carbonyl (C=O) groups excluding carboxylic acids is 6. The molecule has 2 aliphatic rings. The van der Waals surface area contributed by atoms with Gasteiger partial charge in [0.1, 0.15) is 30.1 Å². The van der Waals surface area contributed by atoms with Crippen molar-refractivity contribution in [3.05, 3.63) is 35.9 Å². The summed E-state index contributed by atoms with van der Waals surface area (Å²) in [7, 11) is 0. The number of primary amides is 1. The van der Waals surface area contributed by atoms with Gasteiger partial charge in [-0.05, 0) is 59.2 Å². The van der Waals surface area contributed by atoms with Gasteiger partial charge in [0, 0.05) is 6.54 Å². The maximum atomic E-state index is 14.5. The SMILES string of the molecule is CC[C@H](C)C(NC(=O)N[C@H](C(=O)N1CC[C@H](C(C)(C)C)[C@H]1C(=O)NC(SCCCC1CCC1)C(=O)C(N)=O)C(C)(C)C)C(=O)OCc1ccccc1. The highest BCUT2D eigenvalue weighted by atomic mass is 32.2. The van der Waals surface area contributed by atoms with Gasteiger partial charge in [-0.15, -0.1) is 11.8 Å². The Hall–Kier alpha value is -3.61. The van der Waals surface area contributed by atoms with Gasteiger partial charge in [0.15, 0.2) is 0 Å². The highest BCUT2D eigenvalue weighted by Gasteiger charge is 2.50. The molecular formula is C39H61N5O7S. The molecule has 0 bridgehead atoms. The number of Topliss-reactive ketones (excluding diaryl/α,β-unsaturated/α-hetero) is 1. The molecule has 0 aromatic heterocycles. The Morgan fingerprint density at radius 3 is 2.15 bits per heavy atom. The first kappa shape index (κ1) is 42.8. The largest absolute Gasteiger partial charge is 0.459 e. The van der Waals surface area contributed by atoms with Crippen LogP contribution in [0.25, 0.3) is 0 Å². The van der Waals surface area contributed by atoms with Gasteiger partial charge < -0.3 is 31.3 Å². The van der Waals surface area contributed by atoms with Crippen molar-refractivity contribution in [1.82, 2.24) is 20.9 Å². The molecule has 2 fully saturated rings. The number of ether oxygens (including phenoxy) is 1. The number of nitrogens with two attached hydrogens (primary N) is 1. The van der Waals surface area contributed by atoms with E-state index in [-0.39, 0.29) is 25.0 Å². The zero-order valence-corrected chi connectivity index (χ0v) is 33.1. The molecule has 6 atom stereocenters. The average Bonchev–Trinajstić information content (AvgIpc) is 3.52. The number of carbonyl (C=O) groups is 6. The number of urea groups is 1. The van der Waals surface area contributed by atoms with Gasteiger partial charge in [0.25, 0.3) is 11.7 Å². The van der Waals surface area contributed by atoms with Crippen LogP contribution in [0.3, 0.4) is 0 Å². The number of esters is 1. The number of nitrogens with zero attached hydrogens (tertiary/aromatic N) is 1. The first-order valence-corrected chi connectivity index (χ1v) is 19.7. The summed E-state index contributed by atoms with van der Waals surface area (Å²) in [6.07, 6.45) is 6.62. The summed E-state index contributed by atoms with van der Waals surface area (Å²) in [5, 5.41) is 7.16. The number of thioether (sulfide) groups is 1. The van der Waals surface area contributed by atoms with Crippen molar-refractivity contribution in [3.8, 4) is 0 Å². The third-order valence-electron chi connectivity index (χ3n) is 10.4. The minimum atomic E-state index is -1.17. The highest BCUT2D eigenvalue weighted by molar-refractivity contribution is 8.00. The van der Waals surface area contributed by atoms with E-state index in [1.807, 2.05) is 85.7 Å². The molecule has 5 amide bonds. The monoisotopic (exact) mass is 743 g/mol. The van der Waals surface area contributed by atoms with E-state index in [0.29, 0.717) is 24.5 Å². The third-order valence-corrected chi connectivity index (χ3v) is 11.6. The quantitative estimate of drug-likeness (QED) is 0.0752. The van der Waals surface area contributed by atoms with Crippen LogP contribution in [-0.2, 0) is 35.3 Å². The molecular weight excluding hydrogens is 683 g/mol. The van der Waals surface area contributed by atoms with Crippen LogP contribution >= 0.6 is 11.8 Å². The van der Waals surface area contributed by atoms with Crippen molar-refractivity contribution >= 4 is 47.3 Å². The van der Waals surface area contributed by atoms with Crippen LogP contribution in [-0.4, -0.2) is 76.2 Å². The standard InChI is InChI=1S/C39H61N5O7S/c1-9-24(2)28(36(49)51-23-26-15-11-10-12-16-26)41-37(50)42-31(39(6,7)8)35(48)44-21-20-27(38(3,4)5)29(44)33(47)43-34(30(45)32(40)46)52-22-14-19-25-17-13-18-25/h10-12,15-16,24-25,27-29,31,34H,9,13-14,17-23H2,1-8H3,(H2,40,46)(H,43,47)(H2,41,42,50)/t24-,27-,28?,29-,31+,34?/m0/s1. The van der Waals surface area contributed by atoms with Crippen LogP contribution in [0.2, 0.25) is 0 Å². The van der Waals surface area contributed by atoms with Crippen molar-refractivity contribution in [3.63, 3.8) is 0 Å². The van der Waals surface area contributed by atoms with E-state index in [9.17, 15) is 28.8 Å². The van der Waals surface area contributed by atoms with Gasteiger partial charge in [0.2, 0.25) is 11.8 Å². The normalized spacial score (nSPS) is 20.1. The fraction of sp³-hybridized carbons (Fsp3) is 0.692. The number of likely N-dealkylation sites (tertiary alicyclic amines) is 1. The molecule has 13 heteroatoms. The predicted molar refractivity (Wildman–Crippen MR) is 203 cm³/mol. The molecule has 1 aliphatic carbocycles. The molecule has 1 saturated heterocycles. The van der Waals surface area contributed by atoms with Crippen LogP contribution in [0.4, 0.5) is 4.79 Å². The second kappa shape index (κ2) is 18.9. The van der Waals surface area contributed by atoms with Gasteiger partial charge in [0.05, 0.1) is 0 Å². The molecule has 52 heavy (non-hydrogen) atoms. The number of ketones is 1. The summed E-state index contributed by atoms with van der Waals surface area (Å²) in [6, 6.07) is 5.51. The predicted octanol–water partition coefficient (Wildman–Crippen LogP) is 4.93. The second-order valence-electron chi connectivity index (χ2n) is 16.5. The highest BCUT2D eigenvalue weighted by Crippen LogP contribution is 2.40. The molecule has 2 unspecified atom stereocenters. The smallest absolute Gasteiger partial charge is 0.329 e. The lowest BCUT2D eigenvalue weighted by atomic mass is 9.76. The Morgan fingerprint density at radius 2 is 1.62 bits per heavy atom. The van der Waals surface area contributed by atoms with Gasteiger partial charge in [-0.2, -0.15) is 0 Å². The lowest BCUT2D eigenvalue weighted by molar-refractivity contribution is -0.148. The molecule has 1 aromatic carbocycles. The molecule has 5 N–H and O–H groups in total. The van der Waals surface area contributed by atoms with E-state index in [2.05, 4.69) is 16.0 Å². The number of nitrogens with one attached hydrogen (secondary N) is 3. The second-order valence-corrected chi connectivity index (χ2v) is 17.8. The van der Waals surface area contributed by atoms with Gasteiger partial charge >= 0.3 is 12.0 Å². The summed E-state index contributed by atoms with van der Waals surface area (Å²) in [4.78, 5) is 81.8. The number of amides is 5. The lowest BCUT2D eigenvalue weighted by Gasteiger charge is -2.39. The lowest BCUT2D eigenvalue weighted by Crippen LogP contribution is -2.62. The van der Waals surface area contributed by atoms with E-state index < -0.39 is 69.8 Å². The third kappa shape index (κ3) is 12.0. The van der Waals surface area contributed by atoms with E-state index in [1.165, 1.54) is 35.9 Å². The molecule has 290 valence electrons. The average molecular weight is 744 g/mol. The fourth-order valence-electron chi connectivity index (χ4n) is 6.77. The first-order valence-electron chi connectivity index (χ1n) is 18.7. The molecule has 0 radical (unpaired) electrons. The number of benzene rings is 1. The Kier molecular flexibility index (Phi) is 15.6. The molecule has 3 rings (SSSR count). The van der Waals surface area contributed by atoms with Crippen molar-refractivity contribution in [2.24, 2.45) is 34.3 Å². The van der Waals surface area contributed by atoms with Crippen molar-refractivity contribution in [2.45, 2.75) is 130 Å². The summed E-state index contributed by atoms with van der Waals surface area (Å²) >= 11 is 1.18. The van der Waals surface area contributed by atoms with E-state index in [4.69, 9.17) is 10.5 Å². The van der Waals surface area contributed by atoms with E-state index in [0.717, 1.165) is 18.4 Å². The minimum Gasteiger partial charge on any atom is -0.459 e. The fourth-order valence-corrected chi connectivity index (χ4v) is 7.80. The van der Waals surface area contributed by atoms with Gasteiger partial charge in [-0.3, -0.25) is 19.2 Å². The Bertz CT molecular complexity index is 1410. The maximum Gasteiger partial charge on any atom is 0.329 e. The Balaban J connectivity index is 1.79. The number of hydrogen-bond donors (Lipinski definition) is 4. The molecule has 12 nitrogen and oxygen atoms in total. The Morgan fingerprint density at radius 1 is 0.962 bits per heavy atom. The number of rotatable bonds is 17. The van der Waals surface area contributed by atoms with Crippen LogP contribution in [0, 0.1) is 28.6 Å². The summed E-state index contributed by atoms with van der Waals surface area (Å²) < 4.78 is 5.56. The topological polar surface area (TPSA) is 177 Å². The molecule has 1 heterocycles. The van der Waals surface area contributed by atoms with E-state index in [1.54, 1.807) is 0 Å². The van der Waals surface area contributed by atoms with Crippen molar-refractivity contribution in [2.75, 3.05) is 12.3 Å². The summed E-state index contributed by atoms with van der Waals surface area (Å²) in [5.41, 5.74) is 5.00. The van der Waals surface area contributed by atoms with Crippen LogP contribution in [0.5, 0.6) is 0 Å².